The van der Waals surface area contributed by atoms with E-state index in [1.807, 2.05) is 6.92 Å². The van der Waals surface area contributed by atoms with Crippen LogP contribution in [0.5, 0.6) is 5.75 Å². The number of hydrogen-bond donors (Lipinski definition) is 1. The Morgan fingerprint density at radius 2 is 1.90 bits per heavy atom. The zero-order valence-corrected chi connectivity index (χ0v) is 11.9. The number of benzene rings is 2. The highest BCUT2D eigenvalue weighted by molar-refractivity contribution is 6.30. The van der Waals surface area contributed by atoms with Crippen molar-refractivity contribution in [3.8, 4) is 5.75 Å². The molecule has 0 aliphatic carbocycles. The van der Waals surface area contributed by atoms with Gasteiger partial charge in [-0.25, -0.2) is 4.39 Å². The number of ether oxygens (including phenoxy) is 1. The highest BCUT2D eigenvalue weighted by Crippen LogP contribution is 2.26. The normalized spacial score (nSPS) is 12.3. The monoisotopic (exact) mass is 315 g/mol. The lowest BCUT2D eigenvalue weighted by Crippen LogP contribution is -2.07. The Bertz CT molecular complexity index is 622. The first kappa shape index (κ1) is 15.5. The van der Waals surface area contributed by atoms with Crippen molar-refractivity contribution in [1.29, 1.82) is 0 Å². The Morgan fingerprint density at radius 1 is 1.14 bits per heavy atom. The van der Waals surface area contributed by atoms with Crippen molar-refractivity contribution < 1.29 is 17.9 Å². The molecule has 112 valence electrons. The molecule has 2 aromatic carbocycles. The van der Waals surface area contributed by atoms with Gasteiger partial charge in [-0.1, -0.05) is 23.7 Å². The van der Waals surface area contributed by atoms with Gasteiger partial charge in [0.25, 0.3) is 0 Å². The summed E-state index contributed by atoms with van der Waals surface area (Å²) in [6.07, 6.45) is 0. The molecule has 0 fully saturated rings. The van der Waals surface area contributed by atoms with Crippen molar-refractivity contribution in [2.24, 2.45) is 0 Å². The maximum absolute atomic E-state index is 13.1. The van der Waals surface area contributed by atoms with Crippen LogP contribution in [0.25, 0.3) is 0 Å². The standard InChI is InChI=1S/C15H13ClF3NO/c1-9(10-5-6-14(17)13(16)7-10)20-11-3-2-4-12(8-11)21-15(18)19/h2-9,15,20H,1H3. The summed E-state index contributed by atoms with van der Waals surface area (Å²) in [5.74, 6) is -0.417. The maximum atomic E-state index is 13.1. The average molecular weight is 316 g/mol. The van der Waals surface area contributed by atoms with Crippen LogP contribution in [0.15, 0.2) is 42.5 Å². The summed E-state index contributed by atoms with van der Waals surface area (Å²) < 4.78 is 41.8. The highest BCUT2D eigenvalue weighted by atomic mass is 35.5. The SMILES string of the molecule is CC(Nc1cccc(OC(F)F)c1)c1ccc(F)c(Cl)c1. The van der Waals surface area contributed by atoms with E-state index in [9.17, 15) is 13.2 Å². The summed E-state index contributed by atoms with van der Waals surface area (Å²) in [5, 5.41) is 3.15. The third-order valence-electron chi connectivity index (χ3n) is 2.89. The third-order valence-corrected chi connectivity index (χ3v) is 3.18. The number of alkyl halides is 2. The Morgan fingerprint density at radius 3 is 2.57 bits per heavy atom. The predicted octanol–water partition coefficient (Wildman–Crippen LogP) is 5.25. The van der Waals surface area contributed by atoms with Crippen LogP contribution < -0.4 is 10.1 Å². The minimum Gasteiger partial charge on any atom is -0.435 e. The van der Waals surface area contributed by atoms with Crippen LogP contribution in [0.2, 0.25) is 5.02 Å². The zero-order chi connectivity index (χ0) is 15.4. The minimum absolute atomic E-state index is 0.0379. The molecule has 1 unspecified atom stereocenters. The molecule has 2 nitrogen and oxygen atoms in total. The van der Waals surface area contributed by atoms with Gasteiger partial charge in [0.2, 0.25) is 0 Å². The molecule has 1 atom stereocenters. The Labute approximate surface area is 125 Å². The lowest BCUT2D eigenvalue weighted by Gasteiger charge is -2.17. The summed E-state index contributed by atoms with van der Waals surface area (Å²) >= 11 is 5.74. The first-order valence-corrected chi connectivity index (χ1v) is 6.60. The maximum Gasteiger partial charge on any atom is 0.387 e. The fraction of sp³-hybridized carbons (Fsp3) is 0.200. The first-order valence-electron chi connectivity index (χ1n) is 6.22. The van der Waals surface area contributed by atoms with Crippen molar-refractivity contribution >= 4 is 17.3 Å². The van der Waals surface area contributed by atoms with Crippen molar-refractivity contribution in [2.45, 2.75) is 19.6 Å². The fourth-order valence-corrected chi connectivity index (χ4v) is 2.07. The molecule has 21 heavy (non-hydrogen) atoms. The minimum atomic E-state index is -2.87. The second-order valence-corrected chi connectivity index (χ2v) is 4.85. The molecular weight excluding hydrogens is 303 g/mol. The molecule has 0 aromatic heterocycles. The molecule has 0 bridgehead atoms. The van der Waals surface area contributed by atoms with Crippen LogP contribution in [-0.4, -0.2) is 6.61 Å². The van der Waals surface area contributed by atoms with Gasteiger partial charge in [-0.15, -0.1) is 0 Å². The quantitative estimate of drug-likeness (QED) is 0.813. The molecule has 0 heterocycles. The smallest absolute Gasteiger partial charge is 0.387 e. The van der Waals surface area contributed by atoms with Crippen LogP contribution in [0, 0.1) is 5.82 Å². The average Bonchev–Trinajstić information content (AvgIpc) is 2.41. The van der Waals surface area contributed by atoms with E-state index in [1.165, 1.54) is 24.3 Å². The van der Waals surface area contributed by atoms with Gasteiger partial charge in [0.05, 0.1) is 5.02 Å². The third kappa shape index (κ3) is 4.29. The molecule has 6 heteroatoms. The molecule has 0 saturated heterocycles. The van der Waals surface area contributed by atoms with Gasteiger partial charge in [-0.05, 0) is 36.8 Å². The summed E-state index contributed by atoms with van der Waals surface area (Å²) in [6, 6.07) is 10.5. The molecule has 0 amide bonds. The van der Waals surface area contributed by atoms with Gasteiger partial charge in [-0.3, -0.25) is 0 Å². The fourth-order valence-electron chi connectivity index (χ4n) is 1.88. The van der Waals surface area contributed by atoms with Gasteiger partial charge in [0.1, 0.15) is 11.6 Å². The first-order chi connectivity index (χ1) is 9.95. The summed E-state index contributed by atoms with van der Waals surface area (Å²) in [6.45, 7) is -1.02. The predicted molar refractivity (Wildman–Crippen MR) is 76.5 cm³/mol. The number of hydrogen-bond acceptors (Lipinski definition) is 2. The van der Waals surface area contributed by atoms with Crippen molar-refractivity contribution in [1.82, 2.24) is 0 Å². The highest BCUT2D eigenvalue weighted by Gasteiger charge is 2.10. The number of halogens is 4. The molecule has 0 aliphatic heterocycles. The topological polar surface area (TPSA) is 21.3 Å². The van der Waals surface area contributed by atoms with E-state index in [0.29, 0.717) is 5.69 Å². The lowest BCUT2D eigenvalue weighted by atomic mass is 10.1. The van der Waals surface area contributed by atoms with Crippen LogP contribution >= 0.6 is 11.6 Å². The summed E-state index contributed by atoms with van der Waals surface area (Å²) in [7, 11) is 0. The summed E-state index contributed by atoms with van der Waals surface area (Å²) in [5.41, 5.74) is 1.39. The van der Waals surface area contributed by atoms with Gasteiger partial charge in [-0.2, -0.15) is 8.78 Å². The second-order valence-electron chi connectivity index (χ2n) is 4.45. The molecule has 2 aromatic rings. The molecule has 0 radical (unpaired) electrons. The Hall–Kier alpha value is -1.88. The second kappa shape index (κ2) is 6.72. The van der Waals surface area contributed by atoms with E-state index in [-0.39, 0.29) is 16.8 Å². The van der Waals surface area contributed by atoms with Crippen LogP contribution in [-0.2, 0) is 0 Å². The number of anilines is 1. The molecule has 1 N–H and O–H groups in total. The Balaban J connectivity index is 2.11. The summed E-state index contributed by atoms with van der Waals surface area (Å²) in [4.78, 5) is 0. The van der Waals surface area contributed by atoms with Gasteiger partial charge in [0.15, 0.2) is 0 Å². The van der Waals surface area contributed by atoms with E-state index in [4.69, 9.17) is 11.6 Å². The Kier molecular flexibility index (Phi) is 4.96. The molecule has 2 rings (SSSR count). The van der Waals surface area contributed by atoms with Crippen LogP contribution in [0.4, 0.5) is 18.9 Å². The van der Waals surface area contributed by atoms with E-state index in [0.717, 1.165) is 5.56 Å². The molecule has 0 spiro atoms. The lowest BCUT2D eigenvalue weighted by molar-refractivity contribution is -0.0498. The van der Waals surface area contributed by atoms with Gasteiger partial charge < -0.3 is 10.1 Å². The van der Waals surface area contributed by atoms with E-state index < -0.39 is 12.4 Å². The van der Waals surface area contributed by atoms with Gasteiger partial charge >= 0.3 is 6.61 Å². The van der Waals surface area contributed by atoms with Crippen molar-refractivity contribution in [3.05, 3.63) is 58.9 Å². The van der Waals surface area contributed by atoms with Crippen molar-refractivity contribution in [3.63, 3.8) is 0 Å². The largest absolute Gasteiger partial charge is 0.435 e. The zero-order valence-electron chi connectivity index (χ0n) is 11.1. The van der Waals surface area contributed by atoms with E-state index in [1.54, 1.807) is 18.2 Å². The van der Waals surface area contributed by atoms with Crippen LogP contribution in [0.3, 0.4) is 0 Å². The number of rotatable bonds is 5. The molecule has 0 aliphatic rings. The number of nitrogens with one attached hydrogen (secondary N) is 1. The van der Waals surface area contributed by atoms with Crippen molar-refractivity contribution in [2.75, 3.05) is 5.32 Å². The van der Waals surface area contributed by atoms with Crippen LogP contribution in [0.1, 0.15) is 18.5 Å². The van der Waals surface area contributed by atoms with Gasteiger partial charge in [0, 0.05) is 17.8 Å². The van der Waals surface area contributed by atoms with E-state index >= 15 is 0 Å². The molecular formula is C15H13ClF3NO. The molecule has 0 saturated carbocycles. The van der Waals surface area contributed by atoms with E-state index in [2.05, 4.69) is 10.1 Å².